The molecule has 7 nitrogen and oxygen atoms in total. The summed E-state index contributed by atoms with van der Waals surface area (Å²) in [5.74, 6) is 0.0615. The lowest BCUT2D eigenvalue weighted by molar-refractivity contribution is 0.238. The molecule has 0 radical (unpaired) electrons. The van der Waals surface area contributed by atoms with Gasteiger partial charge in [0, 0.05) is 33.2 Å². The molecule has 0 unspecified atom stereocenters. The number of H-pyrrole nitrogens is 2. The number of fused-ring (bicyclic) bond motifs is 8. The number of hydrogen-bond acceptors (Lipinski definition) is 5. The van der Waals surface area contributed by atoms with Gasteiger partial charge in [-0.15, -0.1) is 0 Å². The fourth-order valence-corrected chi connectivity index (χ4v) is 6.65. The summed E-state index contributed by atoms with van der Waals surface area (Å²) in [5.41, 5.74) is 9.21. The van der Waals surface area contributed by atoms with Crippen molar-refractivity contribution in [1.29, 1.82) is 0 Å². The number of halogens is 1. The molecule has 5 heterocycles. The number of nitrogens with one attached hydrogen (secondary N) is 2. The van der Waals surface area contributed by atoms with Gasteiger partial charge in [-0.2, -0.15) is 0 Å². The molecule has 8 heteroatoms. The summed E-state index contributed by atoms with van der Waals surface area (Å²) in [6, 6.07) is 28.0. The van der Waals surface area contributed by atoms with Crippen LogP contribution in [0, 0.1) is 0 Å². The van der Waals surface area contributed by atoms with E-state index in [1.807, 2.05) is 123 Å². The van der Waals surface area contributed by atoms with Crippen molar-refractivity contribution >= 4 is 62.3 Å². The zero-order chi connectivity index (χ0) is 32.2. The van der Waals surface area contributed by atoms with Crippen molar-refractivity contribution < 1.29 is 4.74 Å². The highest BCUT2D eigenvalue weighted by molar-refractivity contribution is 9.10. The Balaban J connectivity index is 1.56. The summed E-state index contributed by atoms with van der Waals surface area (Å²) in [6.45, 7) is 3.67. The molecule has 8 bridgehead atoms. The molecule has 0 spiro atoms. The van der Waals surface area contributed by atoms with Crippen LogP contribution in [0.3, 0.4) is 0 Å². The minimum Gasteiger partial charge on any atom is -0.486 e. The van der Waals surface area contributed by atoms with E-state index in [0.717, 1.165) is 54.7 Å². The standard InChI is InChI=1S/C39H27BrN4O3/c1-21(2)47-39-35(37(45)38(39)46)34-28-15-13-24(41-28)32(22-9-5-3-6-10-22)26-17-19-30(43-26)36(40)31-20-18-27(44-31)33(23-11-7-4-8-12-23)25-14-16-29(34)42-25/h3-21,41,44H,1-2H3. The lowest BCUT2D eigenvalue weighted by atomic mass is 9.98. The summed E-state index contributed by atoms with van der Waals surface area (Å²) < 4.78 is 6.75. The number of hydrogen-bond donors (Lipinski definition) is 2. The van der Waals surface area contributed by atoms with Crippen LogP contribution in [-0.2, 0) is 0 Å². The highest BCUT2D eigenvalue weighted by Crippen LogP contribution is 2.38. The first-order chi connectivity index (χ1) is 22.9. The summed E-state index contributed by atoms with van der Waals surface area (Å²) >= 11 is 3.82. The Morgan fingerprint density at radius 1 is 0.553 bits per heavy atom. The molecule has 3 aromatic carbocycles. The third-order valence-electron chi connectivity index (χ3n) is 8.28. The number of aromatic nitrogens is 4. The molecule has 228 valence electrons. The lowest BCUT2D eigenvalue weighted by Crippen LogP contribution is -2.36. The average molecular weight is 680 g/mol. The normalized spacial score (nSPS) is 12.3. The third-order valence-corrected chi connectivity index (χ3v) is 9.12. The highest BCUT2D eigenvalue weighted by atomic mass is 79.9. The predicted octanol–water partition coefficient (Wildman–Crippen LogP) is 8.80. The Morgan fingerprint density at radius 3 is 1.55 bits per heavy atom. The van der Waals surface area contributed by atoms with Gasteiger partial charge >= 0.3 is 0 Å². The summed E-state index contributed by atoms with van der Waals surface area (Å²) in [6.07, 6.45) is 7.54. The maximum absolute atomic E-state index is 13.3. The molecule has 3 aromatic heterocycles. The van der Waals surface area contributed by atoms with Crippen LogP contribution in [0.2, 0.25) is 0 Å². The smallest absolute Gasteiger partial charge is 0.268 e. The maximum atomic E-state index is 13.3. The van der Waals surface area contributed by atoms with E-state index in [-0.39, 0.29) is 17.4 Å². The van der Waals surface area contributed by atoms with E-state index in [2.05, 4.69) is 25.9 Å². The SMILES string of the molecule is CC(C)Oc1c(-c2c3nc(c(-c4ccccc4)c4ccc([nH]4)c(Br)c4nc(c(-c5ccccc5)c5ccc2[nH]5)C=C4)C=C3)c(=O)c1=O. The minimum absolute atomic E-state index is 0.0615. The molecular weight excluding hydrogens is 652 g/mol. The van der Waals surface area contributed by atoms with Gasteiger partial charge in [-0.05, 0) is 89.5 Å². The Morgan fingerprint density at radius 2 is 1.00 bits per heavy atom. The van der Waals surface area contributed by atoms with Crippen molar-refractivity contribution in [2.45, 2.75) is 20.0 Å². The second kappa shape index (κ2) is 11.3. The molecule has 2 aliphatic rings. The van der Waals surface area contributed by atoms with E-state index in [1.54, 1.807) is 0 Å². The molecular formula is C39H27BrN4O3. The topological polar surface area (TPSA) is 101 Å². The Labute approximate surface area is 277 Å². The molecule has 2 aliphatic heterocycles. The fraction of sp³-hybridized carbons (Fsp3) is 0.0769. The van der Waals surface area contributed by atoms with Gasteiger partial charge in [0.2, 0.25) is 5.43 Å². The van der Waals surface area contributed by atoms with Gasteiger partial charge in [0.25, 0.3) is 5.43 Å². The first-order valence-corrected chi connectivity index (χ1v) is 16.1. The molecule has 6 aromatic rings. The number of benzene rings is 2. The highest BCUT2D eigenvalue weighted by Gasteiger charge is 2.29. The zero-order valence-electron chi connectivity index (χ0n) is 25.5. The number of ether oxygens (including phenoxy) is 1. The second-order valence-electron chi connectivity index (χ2n) is 11.7. The van der Waals surface area contributed by atoms with Crippen molar-refractivity contribution in [3.8, 4) is 39.1 Å². The molecule has 0 aliphatic carbocycles. The van der Waals surface area contributed by atoms with Crippen molar-refractivity contribution in [3.63, 3.8) is 0 Å². The molecule has 2 N–H and O–H groups in total. The van der Waals surface area contributed by atoms with Gasteiger partial charge in [0.05, 0.1) is 44.4 Å². The summed E-state index contributed by atoms with van der Waals surface area (Å²) in [4.78, 5) is 43.5. The molecule has 0 saturated heterocycles. The summed E-state index contributed by atoms with van der Waals surface area (Å²) in [7, 11) is 0. The van der Waals surface area contributed by atoms with Gasteiger partial charge in [-0.25, -0.2) is 9.97 Å². The molecule has 0 saturated carbocycles. The van der Waals surface area contributed by atoms with E-state index in [4.69, 9.17) is 14.7 Å². The molecule has 8 rings (SSSR count). The second-order valence-corrected chi connectivity index (χ2v) is 12.5. The van der Waals surface area contributed by atoms with Crippen LogP contribution in [0.5, 0.6) is 5.75 Å². The Bertz CT molecular complexity index is 2480. The van der Waals surface area contributed by atoms with Crippen LogP contribution in [0.25, 0.3) is 79.8 Å². The van der Waals surface area contributed by atoms with Crippen molar-refractivity contribution in [3.05, 3.63) is 133 Å². The fourth-order valence-electron chi connectivity index (χ4n) is 6.20. The van der Waals surface area contributed by atoms with Crippen LogP contribution in [0.15, 0.2) is 99.0 Å². The summed E-state index contributed by atoms with van der Waals surface area (Å²) in [5, 5.41) is 0. The quantitative estimate of drug-likeness (QED) is 0.177. The number of rotatable bonds is 5. The van der Waals surface area contributed by atoms with Crippen LogP contribution in [0.1, 0.15) is 36.6 Å². The van der Waals surface area contributed by atoms with Crippen molar-refractivity contribution in [1.82, 2.24) is 19.9 Å². The van der Waals surface area contributed by atoms with Crippen LogP contribution in [0.4, 0.5) is 0 Å². The number of aromatic amines is 2. The van der Waals surface area contributed by atoms with Crippen LogP contribution in [-0.4, -0.2) is 26.0 Å². The van der Waals surface area contributed by atoms with Gasteiger partial charge < -0.3 is 14.7 Å². The minimum atomic E-state index is -0.630. The lowest BCUT2D eigenvalue weighted by Gasteiger charge is -2.15. The first-order valence-electron chi connectivity index (χ1n) is 15.3. The maximum Gasteiger partial charge on any atom is 0.268 e. The first kappa shape index (κ1) is 28.8. The molecule has 0 amide bonds. The van der Waals surface area contributed by atoms with E-state index < -0.39 is 10.9 Å². The zero-order valence-corrected chi connectivity index (χ0v) is 27.1. The Hall–Kier alpha value is -5.60. The van der Waals surface area contributed by atoms with Gasteiger partial charge in [0.1, 0.15) is 0 Å². The van der Waals surface area contributed by atoms with Gasteiger partial charge in [-0.1, -0.05) is 60.7 Å². The van der Waals surface area contributed by atoms with Crippen LogP contribution < -0.4 is 15.6 Å². The van der Waals surface area contributed by atoms with E-state index in [0.29, 0.717) is 22.5 Å². The van der Waals surface area contributed by atoms with E-state index in [1.165, 1.54) is 0 Å². The largest absolute Gasteiger partial charge is 0.486 e. The third kappa shape index (κ3) is 4.89. The van der Waals surface area contributed by atoms with Gasteiger partial charge in [0.15, 0.2) is 5.75 Å². The molecule has 0 fully saturated rings. The number of nitrogens with zero attached hydrogens (tertiary/aromatic N) is 2. The van der Waals surface area contributed by atoms with Crippen LogP contribution >= 0.6 is 15.9 Å². The monoisotopic (exact) mass is 678 g/mol. The van der Waals surface area contributed by atoms with E-state index >= 15 is 0 Å². The average Bonchev–Trinajstić information content (AvgIpc) is 3.92. The Kier molecular flexibility index (Phi) is 6.95. The molecule has 0 atom stereocenters. The van der Waals surface area contributed by atoms with Crippen molar-refractivity contribution in [2.24, 2.45) is 0 Å². The molecule has 47 heavy (non-hydrogen) atoms. The van der Waals surface area contributed by atoms with Gasteiger partial charge in [-0.3, -0.25) is 9.59 Å². The van der Waals surface area contributed by atoms with E-state index in [9.17, 15) is 9.59 Å². The predicted molar refractivity (Wildman–Crippen MR) is 194 cm³/mol. The van der Waals surface area contributed by atoms with Crippen molar-refractivity contribution in [2.75, 3.05) is 0 Å².